The number of fused-ring (bicyclic) bond motifs is 5. The summed E-state index contributed by atoms with van der Waals surface area (Å²) in [7, 11) is 0. The van der Waals surface area contributed by atoms with Crippen LogP contribution in [0.2, 0.25) is 0 Å². The van der Waals surface area contributed by atoms with Gasteiger partial charge in [0.15, 0.2) is 6.10 Å². The van der Waals surface area contributed by atoms with Gasteiger partial charge in [-0.05, 0) is 42.5 Å². The molecular formula is C24H24FN3O4. The number of cyclic esters (lactones) is 1. The number of aryl methyl sites for hydroxylation is 1. The monoisotopic (exact) mass is 437 g/mol. The van der Waals surface area contributed by atoms with E-state index in [1.54, 1.807) is 17.6 Å². The normalized spacial score (nSPS) is 20.1. The number of carbonyl (C=O) groups excluding carboxylic acids is 1. The van der Waals surface area contributed by atoms with Gasteiger partial charge in [0, 0.05) is 28.6 Å². The van der Waals surface area contributed by atoms with Crippen LogP contribution in [0.5, 0.6) is 0 Å². The molecule has 2 aliphatic heterocycles. The minimum Gasteiger partial charge on any atom is -0.458 e. The fraction of sp³-hybridized carbons (Fsp3) is 0.375. The predicted molar refractivity (Wildman–Crippen MR) is 117 cm³/mol. The van der Waals surface area contributed by atoms with Crippen molar-refractivity contribution in [2.45, 2.75) is 58.9 Å². The van der Waals surface area contributed by atoms with Crippen molar-refractivity contribution in [3.8, 4) is 11.4 Å². The van der Waals surface area contributed by atoms with Crippen molar-refractivity contribution in [2.24, 2.45) is 5.73 Å². The molecule has 2 atom stereocenters. The van der Waals surface area contributed by atoms with Crippen molar-refractivity contribution in [3.05, 3.63) is 61.7 Å². The molecule has 0 bridgehead atoms. The zero-order chi connectivity index (χ0) is 22.9. The van der Waals surface area contributed by atoms with Crippen LogP contribution in [0.1, 0.15) is 65.8 Å². The minimum atomic E-state index is -1.51. The highest BCUT2D eigenvalue weighted by Gasteiger charge is 2.36. The van der Waals surface area contributed by atoms with Crippen LogP contribution < -0.4 is 11.3 Å². The molecule has 4 heterocycles. The summed E-state index contributed by atoms with van der Waals surface area (Å²) < 4.78 is 21.1. The summed E-state index contributed by atoms with van der Waals surface area (Å²) in [5.74, 6) is -1.10. The Labute approximate surface area is 183 Å². The second-order valence-corrected chi connectivity index (χ2v) is 8.22. The second kappa shape index (κ2) is 7.21. The fourth-order valence-corrected chi connectivity index (χ4v) is 5.14. The van der Waals surface area contributed by atoms with Crippen LogP contribution in [0, 0.1) is 12.7 Å². The number of aliphatic hydroxyl groups is 1. The molecule has 0 radical (unpaired) electrons. The number of halogens is 1. The van der Waals surface area contributed by atoms with E-state index in [1.165, 1.54) is 6.07 Å². The first kappa shape index (κ1) is 20.8. The lowest BCUT2D eigenvalue weighted by Gasteiger charge is -2.26. The van der Waals surface area contributed by atoms with Crippen molar-refractivity contribution >= 4 is 16.9 Å². The van der Waals surface area contributed by atoms with Crippen LogP contribution in [0.4, 0.5) is 4.39 Å². The van der Waals surface area contributed by atoms with E-state index in [0.29, 0.717) is 41.9 Å². The summed E-state index contributed by atoms with van der Waals surface area (Å²) in [6.07, 6.45) is -0.142. The Bertz CT molecular complexity index is 1380. The Morgan fingerprint density at radius 1 is 1.22 bits per heavy atom. The van der Waals surface area contributed by atoms with Gasteiger partial charge in [-0.1, -0.05) is 13.8 Å². The number of rotatable bonds is 0. The quantitative estimate of drug-likeness (QED) is 0.410. The number of hydrogen-bond donors (Lipinski definition) is 2. The van der Waals surface area contributed by atoms with E-state index in [2.05, 4.69) is 0 Å². The van der Waals surface area contributed by atoms with Crippen LogP contribution in [-0.4, -0.2) is 20.6 Å². The lowest BCUT2D eigenvalue weighted by atomic mass is 9.82. The summed E-state index contributed by atoms with van der Waals surface area (Å²) in [5, 5.41) is 11.1. The highest BCUT2D eigenvalue weighted by molar-refractivity contribution is 5.93. The molecule has 8 heteroatoms. The molecule has 32 heavy (non-hydrogen) atoms. The molecular weight excluding hydrogens is 413 g/mol. The van der Waals surface area contributed by atoms with Crippen LogP contribution in [0.25, 0.3) is 22.3 Å². The van der Waals surface area contributed by atoms with E-state index in [0.717, 1.165) is 22.1 Å². The molecule has 0 amide bonds. The van der Waals surface area contributed by atoms with Gasteiger partial charge in [0.05, 0.1) is 29.0 Å². The minimum absolute atomic E-state index is 0.170. The molecule has 3 aromatic rings. The molecule has 3 N–H and O–H groups in total. The molecule has 1 unspecified atom stereocenters. The van der Waals surface area contributed by atoms with E-state index in [4.69, 9.17) is 15.5 Å². The number of hydrogen-bond acceptors (Lipinski definition) is 6. The first-order valence-corrected chi connectivity index (χ1v) is 10.9. The number of esters is 1. The van der Waals surface area contributed by atoms with Gasteiger partial charge in [0.25, 0.3) is 5.56 Å². The van der Waals surface area contributed by atoms with E-state index in [-0.39, 0.29) is 35.2 Å². The van der Waals surface area contributed by atoms with E-state index in [9.17, 15) is 19.1 Å². The highest BCUT2D eigenvalue weighted by atomic mass is 19.1. The van der Waals surface area contributed by atoms with Crippen molar-refractivity contribution in [1.82, 2.24) is 9.55 Å². The van der Waals surface area contributed by atoms with Gasteiger partial charge in [0.2, 0.25) is 0 Å². The van der Waals surface area contributed by atoms with Gasteiger partial charge >= 0.3 is 5.97 Å². The SMILES string of the molecule is CC.Cc1c(F)cc2nc3c(c4c2c1CC[C@H]4N)Cn1c-3cc2c(c1=O)COC(=O)C2O. The highest BCUT2D eigenvalue weighted by Crippen LogP contribution is 2.44. The smallest absolute Gasteiger partial charge is 0.340 e. The fourth-order valence-electron chi connectivity index (χ4n) is 5.14. The molecule has 0 saturated heterocycles. The summed E-state index contributed by atoms with van der Waals surface area (Å²) in [6, 6.07) is 2.80. The zero-order valence-corrected chi connectivity index (χ0v) is 18.2. The predicted octanol–water partition coefficient (Wildman–Crippen LogP) is 2.94. The summed E-state index contributed by atoms with van der Waals surface area (Å²) >= 11 is 0. The Morgan fingerprint density at radius 3 is 2.72 bits per heavy atom. The van der Waals surface area contributed by atoms with Crippen molar-refractivity contribution < 1.29 is 19.0 Å². The van der Waals surface area contributed by atoms with Gasteiger partial charge in [-0.3, -0.25) is 4.79 Å². The maximum atomic E-state index is 14.6. The van der Waals surface area contributed by atoms with Gasteiger partial charge in [-0.25, -0.2) is 14.2 Å². The van der Waals surface area contributed by atoms with E-state index < -0.39 is 12.1 Å². The Kier molecular flexibility index (Phi) is 4.69. The average Bonchev–Trinajstić information content (AvgIpc) is 3.16. The van der Waals surface area contributed by atoms with Crippen molar-refractivity contribution in [3.63, 3.8) is 0 Å². The second-order valence-electron chi connectivity index (χ2n) is 8.22. The van der Waals surface area contributed by atoms with E-state index in [1.807, 2.05) is 13.8 Å². The van der Waals surface area contributed by atoms with Gasteiger partial charge < -0.3 is 20.1 Å². The van der Waals surface area contributed by atoms with Crippen LogP contribution >= 0.6 is 0 Å². The molecule has 0 spiro atoms. The Morgan fingerprint density at radius 2 is 1.97 bits per heavy atom. The number of pyridine rings is 2. The molecule has 0 saturated carbocycles. The number of aromatic nitrogens is 2. The third-order valence-corrected chi connectivity index (χ3v) is 6.69. The molecule has 2 aromatic heterocycles. The van der Waals surface area contributed by atoms with Gasteiger partial charge in [-0.2, -0.15) is 0 Å². The number of carbonyl (C=O) groups is 1. The van der Waals surface area contributed by atoms with Crippen molar-refractivity contribution in [2.75, 3.05) is 0 Å². The van der Waals surface area contributed by atoms with Crippen LogP contribution in [-0.2, 0) is 29.1 Å². The first-order chi connectivity index (χ1) is 15.4. The number of ether oxygens (including phenoxy) is 1. The number of nitrogens with zero attached hydrogens (tertiary/aromatic N) is 2. The lowest BCUT2D eigenvalue weighted by molar-refractivity contribution is -0.157. The van der Waals surface area contributed by atoms with Crippen LogP contribution in [0.3, 0.4) is 0 Å². The molecule has 0 fully saturated rings. The third kappa shape index (κ3) is 2.63. The standard InChI is InChI=1S/C22H18FN3O4.C2H6/c1-8-9-2-3-14(24)17-11-6-26-16(19(11)25-15(18(9)17)5-13(8)23)4-10-12(21(26)28)7-30-22(29)20(10)27;1-2/h4-5,14,20,27H,2-3,6-7,24H2,1H3;1-2H3/t14-,20?;/m1./s1. The first-order valence-electron chi connectivity index (χ1n) is 10.9. The summed E-state index contributed by atoms with van der Waals surface area (Å²) in [4.78, 5) is 29.6. The number of aliphatic hydroxyl groups excluding tert-OH is 1. The third-order valence-electron chi connectivity index (χ3n) is 6.69. The largest absolute Gasteiger partial charge is 0.458 e. The Hall–Kier alpha value is -3.10. The van der Waals surface area contributed by atoms with Crippen LogP contribution in [0.15, 0.2) is 16.9 Å². The molecule has 1 aliphatic carbocycles. The zero-order valence-electron chi connectivity index (χ0n) is 18.2. The number of benzene rings is 1. The molecule has 1 aromatic carbocycles. The molecule has 6 rings (SSSR count). The average molecular weight is 437 g/mol. The van der Waals surface area contributed by atoms with E-state index >= 15 is 0 Å². The molecule has 3 aliphatic rings. The Balaban J connectivity index is 0.00000105. The topological polar surface area (TPSA) is 107 Å². The molecule has 166 valence electrons. The van der Waals surface area contributed by atoms with Gasteiger partial charge in [0.1, 0.15) is 12.4 Å². The summed E-state index contributed by atoms with van der Waals surface area (Å²) in [6.45, 7) is 5.89. The van der Waals surface area contributed by atoms with Gasteiger partial charge in [-0.15, -0.1) is 0 Å². The maximum Gasteiger partial charge on any atom is 0.340 e. The number of nitrogens with two attached hydrogens (primary N) is 1. The summed E-state index contributed by atoms with van der Waals surface area (Å²) in [5.41, 5.74) is 11.5. The molecule has 7 nitrogen and oxygen atoms in total. The van der Waals surface area contributed by atoms with Crippen molar-refractivity contribution in [1.29, 1.82) is 0 Å². The maximum absolute atomic E-state index is 14.6. The lowest BCUT2D eigenvalue weighted by Crippen LogP contribution is -2.32.